The van der Waals surface area contributed by atoms with E-state index in [4.69, 9.17) is 4.74 Å². The third kappa shape index (κ3) is 4.71. The summed E-state index contributed by atoms with van der Waals surface area (Å²) >= 11 is 1.19. The van der Waals surface area contributed by atoms with Crippen LogP contribution >= 0.6 is 11.3 Å². The Hall–Kier alpha value is -3.57. The van der Waals surface area contributed by atoms with E-state index in [9.17, 15) is 23.9 Å². The van der Waals surface area contributed by atoms with Crippen LogP contribution in [0.3, 0.4) is 0 Å². The van der Waals surface area contributed by atoms with Crippen molar-refractivity contribution >= 4 is 33.9 Å². The van der Waals surface area contributed by atoms with Crippen LogP contribution in [0.15, 0.2) is 36.7 Å². The Labute approximate surface area is 224 Å². The van der Waals surface area contributed by atoms with Crippen molar-refractivity contribution < 1.29 is 28.6 Å². The molecule has 0 radical (unpaired) electrons. The number of rotatable bonds is 8. The normalized spacial score (nSPS) is 16.6. The number of hydrogen-bond donors (Lipinski definition) is 2. The molecule has 1 unspecified atom stereocenters. The first-order valence-electron chi connectivity index (χ1n) is 12.2. The first-order chi connectivity index (χ1) is 17.9. The van der Waals surface area contributed by atoms with Crippen LogP contribution in [-0.2, 0) is 9.59 Å². The largest absolute Gasteiger partial charge is 0.496 e. The molecule has 3 aromatic rings. The number of thiophene rings is 1. The molecule has 0 saturated heterocycles. The minimum atomic E-state index is -1.39. The van der Waals surface area contributed by atoms with Crippen LogP contribution in [0.1, 0.15) is 55.3 Å². The molecule has 1 aliphatic heterocycles. The highest BCUT2D eigenvalue weighted by Gasteiger charge is 2.53. The maximum atomic E-state index is 14.1. The molecule has 0 spiro atoms. The van der Waals surface area contributed by atoms with Gasteiger partial charge in [-0.25, -0.2) is 9.07 Å². The van der Waals surface area contributed by atoms with Crippen molar-refractivity contribution in [1.29, 1.82) is 0 Å². The molecule has 0 saturated carbocycles. The monoisotopic (exact) mass is 542 g/mol. The molecule has 0 bridgehead atoms. The zero-order valence-electron chi connectivity index (χ0n) is 22.1. The Morgan fingerprint density at radius 1 is 1.29 bits per heavy atom. The Morgan fingerprint density at radius 2 is 2.00 bits per heavy atom. The number of benzene rings is 1. The Kier molecular flexibility index (Phi) is 7.44. The van der Waals surface area contributed by atoms with Gasteiger partial charge in [-0.1, -0.05) is 11.3 Å². The lowest BCUT2D eigenvalue weighted by Gasteiger charge is -2.39. The number of aliphatic hydroxyl groups excluding tert-OH is 1. The molecule has 1 aromatic carbocycles. The number of ketones is 1. The lowest BCUT2D eigenvalue weighted by molar-refractivity contribution is -0.138. The van der Waals surface area contributed by atoms with Crippen molar-refractivity contribution in [3.8, 4) is 10.8 Å². The molecule has 202 valence electrons. The van der Waals surface area contributed by atoms with Gasteiger partial charge in [0, 0.05) is 24.0 Å². The second-order valence-electron chi connectivity index (χ2n) is 10.2. The van der Waals surface area contributed by atoms with Crippen molar-refractivity contribution in [2.45, 2.75) is 46.8 Å². The van der Waals surface area contributed by atoms with E-state index in [1.807, 2.05) is 0 Å². The number of carbonyl (C=O) groups is 3. The molecular formula is C27H31FN4O5S. The van der Waals surface area contributed by atoms with E-state index in [0.717, 1.165) is 6.07 Å². The Morgan fingerprint density at radius 3 is 2.61 bits per heavy atom. The molecule has 2 atom stereocenters. The number of anilines is 1. The lowest BCUT2D eigenvalue weighted by atomic mass is 9.71. The smallest absolute Gasteiger partial charge is 0.239 e. The molecule has 9 nitrogen and oxygen atoms in total. The maximum Gasteiger partial charge on any atom is 0.239 e. The number of halogens is 1. The van der Waals surface area contributed by atoms with E-state index >= 15 is 0 Å². The van der Waals surface area contributed by atoms with Crippen LogP contribution in [0.2, 0.25) is 0 Å². The first kappa shape index (κ1) is 27.5. The van der Waals surface area contributed by atoms with E-state index in [0.29, 0.717) is 21.1 Å². The molecule has 2 N–H and O–H groups in total. The zero-order chi connectivity index (χ0) is 27.9. The molecular weight excluding hydrogens is 511 g/mol. The summed E-state index contributed by atoms with van der Waals surface area (Å²) in [6.07, 6.45) is 1.99. The Balaban J connectivity index is 1.84. The number of nitrogens with zero attached hydrogens (tertiary/aromatic N) is 3. The van der Waals surface area contributed by atoms with Crippen molar-refractivity contribution in [2.75, 3.05) is 18.6 Å². The van der Waals surface area contributed by atoms with Gasteiger partial charge in [0.1, 0.15) is 33.6 Å². The molecule has 4 rings (SSSR count). The fourth-order valence-electron chi connectivity index (χ4n) is 4.71. The summed E-state index contributed by atoms with van der Waals surface area (Å²) < 4.78 is 21.0. The number of fused-ring (bicyclic) bond motifs is 1. The van der Waals surface area contributed by atoms with Gasteiger partial charge in [0.25, 0.3) is 0 Å². The SMILES string of the molecule is COc1ccc(F)cc1[C@@H](O)CN1C(=O)C(C(C)(C)C(=O)NC(C)C)C(=O)c2c1sc(-n1cccn1)c2C. The van der Waals surface area contributed by atoms with Crippen molar-refractivity contribution in [3.05, 3.63) is 59.2 Å². The van der Waals surface area contributed by atoms with Crippen molar-refractivity contribution in [3.63, 3.8) is 0 Å². The average Bonchev–Trinajstić information content (AvgIpc) is 3.49. The highest BCUT2D eigenvalue weighted by Crippen LogP contribution is 2.47. The van der Waals surface area contributed by atoms with Gasteiger partial charge in [0.2, 0.25) is 11.8 Å². The average molecular weight is 543 g/mol. The maximum absolute atomic E-state index is 14.1. The number of hydrogen-bond acceptors (Lipinski definition) is 7. The molecule has 0 aliphatic carbocycles. The van der Waals surface area contributed by atoms with Gasteiger partial charge < -0.3 is 15.2 Å². The quantitative estimate of drug-likeness (QED) is 0.419. The number of aliphatic hydroxyl groups is 1. The topological polar surface area (TPSA) is 114 Å². The van der Waals surface area contributed by atoms with Crippen LogP contribution in [0.25, 0.3) is 5.00 Å². The summed E-state index contributed by atoms with van der Waals surface area (Å²) in [7, 11) is 1.40. The molecule has 11 heteroatoms. The number of aromatic nitrogens is 2. The zero-order valence-corrected chi connectivity index (χ0v) is 22.9. The molecule has 2 amide bonds. The third-order valence-corrected chi connectivity index (χ3v) is 8.02. The van der Waals surface area contributed by atoms with E-state index in [1.165, 1.54) is 35.5 Å². The molecule has 3 heterocycles. The van der Waals surface area contributed by atoms with E-state index < -0.39 is 40.9 Å². The summed E-state index contributed by atoms with van der Waals surface area (Å²) in [5.74, 6) is -3.17. The minimum Gasteiger partial charge on any atom is -0.496 e. The number of Topliss-reactive ketones (excluding diaryl/α,β-unsaturated/α-hetero) is 1. The first-order valence-corrected chi connectivity index (χ1v) is 13.0. The highest BCUT2D eigenvalue weighted by atomic mass is 32.1. The molecule has 38 heavy (non-hydrogen) atoms. The van der Waals surface area contributed by atoms with Crippen LogP contribution in [-0.4, -0.2) is 52.2 Å². The van der Waals surface area contributed by atoms with Crippen LogP contribution < -0.4 is 15.0 Å². The van der Waals surface area contributed by atoms with Crippen LogP contribution in [0, 0.1) is 24.1 Å². The van der Waals surface area contributed by atoms with Gasteiger partial charge in [-0.15, -0.1) is 0 Å². The number of amides is 2. The summed E-state index contributed by atoms with van der Waals surface area (Å²) in [4.78, 5) is 42.5. The fourth-order valence-corrected chi connectivity index (χ4v) is 5.98. The number of ether oxygens (including phenoxy) is 1. The summed E-state index contributed by atoms with van der Waals surface area (Å²) in [5.41, 5.74) is -0.323. The van der Waals surface area contributed by atoms with E-state index in [1.54, 1.807) is 57.8 Å². The summed E-state index contributed by atoms with van der Waals surface area (Å²) in [6.45, 7) is 8.21. The Bertz CT molecular complexity index is 1380. The second kappa shape index (κ2) is 10.3. The fraction of sp³-hybridized carbons (Fsp3) is 0.407. The number of carbonyl (C=O) groups excluding carboxylic acids is 3. The minimum absolute atomic E-state index is 0.160. The van der Waals surface area contributed by atoms with Gasteiger partial charge in [-0.3, -0.25) is 19.3 Å². The number of nitrogens with one attached hydrogen (secondary N) is 1. The second-order valence-corrected chi connectivity index (χ2v) is 11.1. The van der Waals surface area contributed by atoms with Crippen LogP contribution in [0.4, 0.5) is 9.39 Å². The van der Waals surface area contributed by atoms with Crippen molar-refractivity contribution in [1.82, 2.24) is 15.1 Å². The summed E-state index contributed by atoms with van der Waals surface area (Å²) in [6, 6.07) is 5.30. The summed E-state index contributed by atoms with van der Waals surface area (Å²) in [5, 5.41) is 19.2. The number of methoxy groups -OCH3 is 1. The predicted octanol–water partition coefficient (Wildman–Crippen LogP) is 3.82. The van der Waals surface area contributed by atoms with E-state index in [-0.39, 0.29) is 23.9 Å². The van der Waals surface area contributed by atoms with Gasteiger partial charge >= 0.3 is 0 Å². The van der Waals surface area contributed by atoms with Crippen molar-refractivity contribution in [2.24, 2.45) is 11.3 Å². The molecule has 2 aromatic heterocycles. The predicted molar refractivity (Wildman–Crippen MR) is 141 cm³/mol. The molecule has 1 aliphatic rings. The third-order valence-electron chi connectivity index (χ3n) is 6.72. The van der Waals surface area contributed by atoms with Gasteiger partial charge in [0.15, 0.2) is 5.78 Å². The number of β-amino-alcohol motifs (C(OH)–C–C–N with tert-alkyl or cyclic N) is 1. The van der Waals surface area contributed by atoms with Gasteiger partial charge in [-0.05, 0) is 64.4 Å². The molecule has 0 fully saturated rings. The highest BCUT2D eigenvalue weighted by molar-refractivity contribution is 7.19. The van der Waals surface area contributed by atoms with Gasteiger partial charge in [0.05, 0.1) is 24.6 Å². The van der Waals surface area contributed by atoms with Gasteiger partial charge in [-0.2, -0.15) is 5.10 Å². The van der Waals surface area contributed by atoms with Crippen LogP contribution in [0.5, 0.6) is 5.75 Å². The standard InChI is InChI=1S/C27H31FN4O5S/c1-14(2)30-26(36)27(4,5)21-22(34)20-15(3)24(32-11-7-10-29-32)38-25(20)31(23(21)35)13-18(33)17-12-16(28)8-9-19(17)37-6/h7-12,14,18,21,33H,13H2,1-6H3,(H,30,36)/t18-,21?/m0/s1. The lowest BCUT2D eigenvalue weighted by Crippen LogP contribution is -2.56. The van der Waals surface area contributed by atoms with E-state index in [2.05, 4.69) is 10.4 Å².